The summed E-state index contributed by atoms with van der Waals surface area (Å²) in [6, 6.07) is 7.11. The topological polar surface area (TPSA) is 109 Å². The molecule has 1 aromatic carbocycles. The van der Waals surface area contributed by atoms with Crippen LogP contribution in [0.3, 0.4) is 0 Å². The minimum atomic E-state index is -0.233. The quantitative estimate of drug-likeness (QED) is 0.688. The van der Waals surface area contributed by atoms with Crippen LogP contribution in [-0.4, -0.2) is 32.3 Å². The molecule has 9 heteroatoms. The molecule has 126 valence electrons. The number of hydrogen-bond donors (Lipinski definition) is 3. The summed E-state index contributed by atoms with van der Waals surface area (Å²) in [5, 5.41) is 12.3. The maximum Gasteiger partial charge on any atom is 0.344 e. The Labute approximate surface area is 142 Å². The lowest BCUT2D eigenvalue weighted by Crippen LogP contribution is -2.18. The molecule has 1 fully saturated rings. The molecule has 1 aromatic heterocycles. The monoisotopic (exact) mass is 347 g/mol. The van der Waals surface area contributed by atoms with Gasteiger partial charge in [0.05, 0.1) is 5.75 Å². The van der Waals surface area contributed by atoms with E-state index in [0.29, 0.717) is 16.5 Å². The zero-order valence-electron chi connectivity index (χ0n) is 13.0. The molecule has 1 aliphatic carbocycles. The van der Waals surface area contributed by atoms with E-state index in [2.05, 4.69) is 20.8 Å². The molecule has 0 unspecified atom stereocenters. The molecule has 0 spiro atoms. The SMILES string of the molecule is CC(=O)Nc1cccc(NC(=O)CSc2n[nH]c(=O)n2C2CC2)c1. The summed E-state index contributed by atoms with van der Waals surface area (Å²) in [6.07, 6.45) is 1.93. The number of anilines is 2. The number of nitrogens with zero attached hydrogens (tertiary/aromatic N) is 2. The number of H-pyrrole nitrogens is 1. The third-order valence-corrected chi connectivity index (χ3v) is 4.34. The molecule has 0 saturated heterocycles. The van der Waals surface area contributed by atoms with Gasteiger partial charge in [-0.2, -0.15) is 0 Å². The van der Waals surface area contributed by atoms with Crippen LogP contribution >= 0.6 is 11.8 Å². The number of hydrogen-bond acceptors (Lipinski definition) is 5. The van der Waals surface area contributed by atoms with Crippen molar-refractivity contribution in [3.63, 3.8) is 0 Å². The standard InChI is InChI=1S/C15H17N5O3S/c1-9(21)16-10-3-2-4-11(7-10)17-13(22)8-24-15-19-18-14(23)20(15)12-5-6-12/h2-4,7,12H,5-6,8H2,1H3,(H,16,21)(H,17,22)(H,18,23). The molecule has 0 aliphatic heterocycles. The Morgan fingerprint density at radius 3 is 2.71 bits per heavy atom. The van der Waals surface area contributed by atoms with Gasteiger partial charge in [-0.25, -0.2) is 9.89 Å². The average Bonchev–Trinajstić information content (AvgIpc) is 3.28. The molecule has 0 radical (unpaired) electrons. The Hall–Kier alpha value is -2.55. The van der Waals surface area contributed by atoms with Crippen LogP contribution in [0.1, 0.15) is 25.8 Å². The minimum Gasteiger partial charge on any atom is -0.326 e. The molecule has 0 atom stereocenters. The van der Waals surface area contributed by atoms with Crippen molar-refractivity contribution < 1.29 is 9.59 Å². The zero-order chi connectivity index (χ0) is 17.1. The van der Waals surface area contributed by atoms with Gasteiger partial charge in [0.2, 0.25) is 11.8 Å². The Bertz CT molecular complexity index is 825. The second-order valence-electron chi connectivity index (χ2n) is 5.51. The fraction of sp³-hybridized carbons (Fsp3) is 0.333. The Kier molecular flexibility index (Phi) is 4.70. The number of benzene rings is 1. The molecule has 0 bridgehead atoms. The van der Waals surface area contributed by atoms with E-state index in [1.807, 2.05) is 0 Å². The smallest absolute Gasteiger partial charge is 0.326 e. The van der Waals surface area contributed by atoms with Gasteiger partial charge in [0, 0.05) is 24.3 Å². The highest BCUT2D eigenvalue weighted by Crippen LogP contribution is 2.35. The van der Waals surface area contributed by atoms with E-state index in [0.717, 1.165) is 12.8 Å². The third kappa shape index (κ3) is 4.05. The molecular weight excluding hydrogens is 330 g/mol. The first kappa shape index (κ1) is 16.3. The largest absolute Gasteiger partial charge is 0.344 e. The summed E-state index contributed by atoms with van der Waals surface area (Å²) in [7, 11) is 0. The number of carbonyl (C=O) groups excluding carboxylic acids is 2. The number of rotatable bonds is 6. The first-order valence-corrected chi connectivity index (χ1v) is 8.48. The second-order valence-corrected chi connectivity index (χ2v) is 6.45. The van der Waals surface area contributed by atoms with Crippen LogP contribution in [0.5, 0.6) is 0 Å². The van der Waals surface area contributed by atoms with E-state index in [-0.39, 0.29) is 29.3 Å². The van der Waals surface area contributed by atoms with E-state index >= 15 is 0 Å². The van der Waals surface area contributed by atoms with Crippen molar-refractivity contribution in [3.05, 3.63) is 34.7 Å². The Morgan fingerprint density at radius 2 is 2.04 bits per heavy atom. The summed E-state index contributed by atoms with van der Waals surface area (Å²) in [5.41, 5.74) is 0.972. The van der Waals surface area contributed by atoms with E-state index in [1.54, 1.807) is 28.8 Å². The van der Waals surface area contributed by atoms with Crippen molar-refractivity contribution >= 4 is 35.0 Å². The molecule has 1 aliphatic rings. The number of nitrogens with one attached hydrogen (secondary N) is 3. The lowest BCUT2D eigenvalue weighted by atomic mass is 10.2. The summed E-state index contributed by atoms with van der Waals surface area (Å²) < 4.78 is 1.61. The van der Waals surface area contributed by atoms with Crippen LogP contribution in [0.2, 0.25) is 0 Å². The maximum absolute atomic E-state index is 12.1. The van der Waals surface area contributed by atoms with E-state index in [1.165, 1.54) is 18.7 Å². The van der Waals surface area contributed by atoms with Gasteiger partial charge in [-0.1, -0.05) is 17.8 Å². The predicted octanol–water partition coefficient (Wildman–Crippen LogP) is 1.60. The first-order valence-electron chi connectivity index (χ1n) is 7.50. The van der Waals surface area contributed by atoms with Crippen LogP contribution in [0.4, 0.5) is 11.4 Å². The summed E-state index contributed by atoms with van der Waals surface area (Å²) in [5.74, 6) is -0.246. The first-order chi connectivity index (χ1) is 11.5. The molecular formula is C15H17N5O3S. The van der Waals surface area contributed by atoms with Crippen molar-refractivity contribution in [2.45, 2.75) is 31.0 Å². The summed E-state index contributed by atoms with van der Waals surface area (Å²) >= 11 is 1.22. The highest BCUT2D eigenvalue weighted by Gasteiger charge is 2.28. The number of thioether (sulfide) groups is 1. The molecule has 24 heavy (non-hydrogen) atoms. The minimum absolute atomic E-state index is 0.140. The normalized spacial score (nSPS) is 13.5. The summed E-state index contributed by atoms with van der Waals surface area (Å²) in [4.78, 5) is 34.8. The van der Waals surface area contributed by atoms with Crippen molar-refractivity contribution in [1.82, 2.24) is 14.8 Å². The molecule has 1 saturated carbocycles. The van der Waals surface area contributed by atoms with Gasteiger partial charge < -0.3 is 10.6 Å². The highest BCUT2D eigenvalue weighted by atomic mass is 32.2. The van der Waals surface area contributed by atoms with Gasteiger partial charge in [-0.3, -0.25) is 14.2 Å². The lowest BCUT2D eigenvalue weighted by Gasteiger charge is -2.08. The average molecular weight is 347 g/mol. The number of aromatic amines is 1. The molecule has 2 amide bonds. The van der Waals surface area contributed by atoms with E-state index in [4.69, 9.17) is 0 Å². The van der Waals surface area contributed by atoms with Crippen molar-refractivity contribution in [3.8, 4) is 0 Å². The van der Waals surface area contributed by atoms with Gasteiger partial charge >= 0.3 is 5.69 Å². The lowest BCUT2D eigenvalue weighted by molar-refractivity contribution is -0.114. The van der Waals surface area contributed by atoms with Gasteiger partial charge in [0.25, 0.3) is 0 Å². The van der Waals surface area contributed by atoms with Gasteiger partial charge in [0.1, 0.15) is 0 Å². The highest BCUT2D eigenvalue weighted by molar-refractivity contribution is 7.99. The Balaban J connectivity index is 1.58. The fourth-order valence-corrected chi connectivity index (χ4v) is 3.07. The molecule has 8 nitrogen and oxygen atoms in total. The van der Waals surface area contributed by atoms with Gasteiger partial charge in [-0.15, -0.1) is 5.10 Å². The van der Waals surface area contributed by atoms with Crippen LogP contribution < -0.4 is 16.3 Å². The molecule has 1 heterocycles. The molecule has 2 aromatic rings. The fourth-order valence-electron chi connectivity index (χ4n) is 2.25. The zero-order valence-corrected chi connectivity index (χ0v) is 13.9. The van der Waals surface area contributed by atoms with E-state index in [9.17, 15) is 14.4 Å². The number of amides is 2. The van der Waals surface area contributed by atoms with Crippen LogP contribution in [0, 0.1) is 0 Å². The molecule has 3 rings (SSSR count). The van der Waals surface area contributed by atoms with Crippen molar-refractivity contribution in [2.24, 2.45) is 0 Å². The van der Waals surface area contributed by atoms with Crippen molar-refractivity contribution in [2.75, 3.05) is 16.4 Å². The predicted molar refractivity (Wildman–Crippen MR) is 91.2 cm³/mol. The maximum atomic E-state index is 12.1. The second kappa shape index (κ2) is 6.91. The number of carbonyl (C=O) groups is 2. The summed E-state index contributed by atoms with van der Waals surface area (Å²) in [6.45, 7) is 1.42. The van der Waals surface area contributed by atoms with Crippen LogP contribution in [-0.2, 0) is 9.59 Å². The van der Waals surface area contributed by atoms with E-state index < -0.39 is 0 Å². The molecule has 3 N–H and O–H groups in total. The van der Waals surface area contributed by atoms with Crippen molar-refractivity contribution in [1.29, 1.82) is 0 Å². The van der Waals surface area contributed by atoms with Crippen LogP contribution in [0.25, 0.3) is 0 Å². The number of aromatic nitrogens is 3. The van der Waals surface area contributed by atoms with Gasteiger partial charge in [0.15, 0.2) is 5.16 Å². The third-order valence-electron chi connectivity index (χ3n) is 3.38. The van der Waals surface area contributed by atoms with Crippen LogP contribution in [0.15, 0.2) is 34.2 Å². The van der Waals surface area contributed by atoms with Gasteiger partial charge in [-0.05, 0) is 31.0 Å². The Morgan fingerprint density at radius 1 is 1.33 bits per heavy atom.